The lowest BCUT2D eigenvalue weighted by Crippen LogP contribution is -2.30. The molecule has 1 heterocycles. The number of amides is 1. The number of benzene rings is 3. The molecule has 0 unspecified atom stereocenters. The summed E-state index contributed by atoms with van der Waals surface area (Å²) in [6.45, 7) is 2.62. The number of hydrogen-bond donors (Lipinski definition) is 0. The summed E-state index contributed by atoms with van der Waals surface area (Å²) >= 11 is 3.24. The van der Waals surface area contributed by atoms with Crippen molar-refractivity contribution in [3.63, 3.8) is 0 Å². The van der Waals surface area contributed by atoms with E-state index in [0.29, 0.717) is 12.1 Å². The fourth-order valence-corrected chi connectivity index (χ4v) is 4.70. The molecule has 146 valence electrons. The second-order valence-electron chi connectivity index (χ2n) is 6.72. The van der Waals surface area contributed by atoms with E-state index in [0.717, 1.165) is 32.2 Å². The van der Waals surface area contributed by atoms with Gasteiger partial charge in [-0.1, -0.05) is 60.7 Å². The summed E-state index contributed by atoms with van der Waals surface area (Å²) in [5.74, 6) is -0.0291. The Kier molecular flexibility index (Phi) is 5.97. The second-order valence-corrected chi connectivity index (χ2v) is 8.61. The molecule has 29 heavy (non-hydrogen) atoms. The van der Waals surface area contributed by atoms with Crippen molar-refractivity contribution in [2.45, 2.75) is 24.8 Å². The predicted molar refractivity (Wildman–Crippen MR) is 124 cm³/mol. The molecular formula is C24H22N2OS2. The van der Waals surface area contributed by atoms with Gasteiger partial charge in [-0.25, -0.2) is 4.98 Å². The quantitative estimate of drug-likeness (QED) is 0.338. The third kappa shape index (κ3) is 4.21. The molecule has 0 saturated carbocycles. The van der Waals surface area contributed by atoms with Crippen LogP contribution in [0.1, 0.15) is 28.4 Å². The molecule has 0 radical (unpaired) electrons. The number of aryl methyl sites for hydroxylation is 1. The van der Waals surface area contributed by atoms with Gasteiger partial charge in [0.25, 0.3) is 5.91 Å². The van der Waals surface area contributed by atoms with Gasteiger partial charge in [0.15, 0.2) is 5.13 Å². The van der Waals surface area contributed by atoms with E-state index in [1.807, 2.05) is 60.9 Å². The number of fused-ring (bicyclic) bond motifs is 1. The molecule has 0 atom stereocenters. The Morgan fingerprint density at radius 1 is 1.00 bits per heavy atom. The zero-order chi connectivity index (χ0) is 20.2. The molecule has 0 fully saturated rings. The lowest BCUT2D eigenvalue weighted by molar-refractivity contribution is 0.0985. The molecular weight excluding hydrogens is 396 g/mol. The molecule has 0 aliphatic heterocycles. The van der Waals surface area contributed by atoms with Crippen LogP contribution in [-0.4, -0.2) is 17.1 Å². The lowest BCUT2D eigenvalue weighted by atomic mass is 10.1. The summed E-state index contributed by atoms with van der Waals surface area (Å²) in [6.07, 6.45) is 2.95. The van der Waals surface area contributed by atoms with E-state index < -0.39 is 0 Å². The largest absolute Gasteiger partial charge is 0.279 e. The van der Waals surface area contributed by atoms with Gasteiger partial charge in [0.05, 0.1) is 16.8 Å². The maximum absolute atomic E-state index is 13.5. The number of thiazole rings is 1. The van der Waals surface area contributed by atoms with Gasteiger partial charge < -0.3 is 0 Å². The van der Waals surface area contributed by atoms with Gasteiger partial charge in [-0.3, -0.25) is 9.69 Å². The molecule has 0 aliphatic carbocycles. The Bertz CT molecular complexity index is 1120. The number of rotatable bonds is 6. The van der Waals surface area contributed by atoms with Gasteiger partial charge >= 0.3 is 0 Å². The highest BCUT2D eigenvalue weighted by Crippen LogP contribution is 2.33. The van der Waals surface area contributed by atoms with E-state index in [1.165, 1.54) is 5.56 Å². The summed E-state index contributed by atoms with van der Waals surface area (Å²) in [5.41, 5.74) is 3.96. The Morgan fingerprint density at radius 3 is 2.45 bits per heavy atom. The first-order valence-corrected chi connectivity index (χ1v) is 11.6. The molecule has 0 N–H and O–H groups in total. The van der Waals surface area contributed by atoms with Gasteiger partial charge in [-0.2, -0.15) is 0 Å². The standard InChI is InChI=1S/C24H22N2OS2/c1-3-18-10-7-11-21-22(18)25-24(29-21)26(16-17-8-5-4-6-9-17)23(27)19-12-14-20(28-2)15-13-19/h4-15H,3,16H2,1-2H3. The fourth-order valence-electron chi connectivity index (χ4n) is 3.28. The van der Waals surface area contributed by atoms with E-state index in [4.69, 9.17) is 4.98 Å². The van der Waals surface area contributed by atoms with E-state index in [1.54, 1.807) is 28.0 Å². The molecule has 3 nitrogen and oxygen atoms in total. The summed E-state index contributed by atoms with van der Waals surface area (Å²) in [4.78, 5) is 21.3. The van der Waals surface area contributed by atoms with Crippen molar-refractivity contribution >= 4 is 44.4 Å². The average Bonchev–Trinajstić information content (AvgIpc) is 3.22. The number of carbonyl (C=O) groups is 1. The summed E-state index contributed by atoms with van der Waals surface area (Å²) in [7, 11) is 0. The summed E-state index contributed by atoms with van der Waals surface area (Å²) in [6, 6.07) is 24.1. The number of para-hydroxylation sites is 1. The van der Waals surface area contributed by atoms with Crippen LogP contribution in [-0.2, 0) is 13.0 Å². The molecule has 4 rings (SSSR count). The SMILES string of the molecule is CCc1cccc2sc(N(Cc3ccccc3)C(=O)c3ccc(SC)cc3)nc12. The van der Waals surface area contributed by atoms with Gasteiger partial charge in [-0.05, 0) is 54.1 Å². The van der Waals surface area contributed by atoms with Crippen LogP contribution in [0.3, 0.4) is 0 Å². The smallest absolute Gasteiger partial charge is 0.260 e. The number of nitrogens with zero attached hydrogens (tertiary/aromatic N) is 2. The molecule has 5 heteroatoms. The van der Waals surface area contributed by atoms with Crippen molar-refractivity contribution in [3.8, 4) is 0 Å². The number of carbonyl (C=O) groups excluding carboxylic acids is 1. The third-order valence-electron chi connectivity index (χ3n) is 4.87. The van der Waals surface area contributed by atoms with Crippen LogP contribution in [0.25, 0.3) is 10.2 Å². The number of anilines is 1. The van der Waals surface area contributed by atoms with Crippen molar-refractivity contribution < 1.29 is 4.79 Å². The van der Waals surface area contributed by atoms with Crippen molar-refractivity contribution in [2.24, 2.45) is 0 Å². The van der Waals surface area contributed by atoms with Gasteiger partial charge in [0.1, 0.15) is 0 Å². The van der Waals surface area contributed by atoms with Crippen molar-refractivity contribution in [2.75, 3.05) is 11.2 Å². The zero-order valence-corrected chi connectivity index (χ0v) is 18.1. The van der Waals surface area contributed by atoms with E-state index in [9.17, 15) is 4.79 Å². The van der Waals surface area contributed by atoms with E-state index in [2.05, 4.69) is 25.1 Å². The Morgan fingerprint density at radius 2 is 1.76 bits per heavy atom. The molecule has 0 aliphatic rings. The molecule has 1 aromatic heterocycles. The number of hydrogen-bond acceptors (Lipinski definition) is 4. The number of aromatic nitrogens is 1. The average molecular weight is 419 g/mol. The minimum absolute atomic E-state index is 0.0291. The topological polar surface area (TPSA) is 33.2 Å². The van der Waals surface area contributed by atoms with Crippen LogP contribution >= 0.6 is 23.1 Å². The summed E-state index contributed by atoms with van der Waals surface area (Å²) in [5, 5.41) is 0.740. The summed E-state index contributed by atoms with van der Waals surface area (Å²) < 4.78 is 1.11. The first-order valence-electron chi connectivity index (χ1n) is 9.58. The molecule has 1 amide bonds. The second kappa shape index (κ2) is 8.80. The van der Waals surface area contributed by atoms with Crippen LogP contribution in [0.15, 0.2) is 77.7 Å². The van der Waals surface area contributed by atoms with Crippen molar-refractivity contribution in [1.29, 1.82) is 0 Å². The third-order valence-corrected chi connectivity index (χ3v) is 6.66. The van der Waals surface area contributed by atoms with Crippen LogP contribution < -0.4 is 4.90 Å². The minimum atomic E-state index is -0.0291. The molecule has 0 spiro atoms. The monoisotopic (exact) mass is 418 g/mol. The van der Waals surface area contributed by atoms with Crippen LogP contribution in [0, 0.1) is 0 Å². The highest BCUT2D eigenvalue weighted by Gasteiger charge is 2.22. The normalized spacial score (nSPS) is 11.0. The minimum Gasteiger partial charge on any atom is -0.279 e. The lowest BCUT2D eigenvalue weighted by Gasteiger charge is -2.20. The number of thioether (sulfide) groups is 1. The molecule has 4 aromatic rings. The maximum Gasteiger partial charge on any atom is 0.260 e. The Labute approximate surface area is 179 Å². The van der Waals surface area contributed by atoms with Crippen LogP contribution in [0.2, 0.25) is 0 Å². The first kappa shape index (κ1) is 19.7. The first-order chi connectivity index (χ1) is 14.2. The van der Waals surface area contributed by atoms with Gasteiger partial charge in [0, 0.05) is 10.5 Å². The van der Waals surface area contributed by atoms with Gasteiger partial charge in [-0.15, -0.1) is 11.8 Å². The van der Waals surface area contributed by atoms with Crippen molar-refractivity contribution in [1.82, 2.24) is 4.98 Å². The van der Waals surface area contributed by atoms with E-state index >= 15 is 0 Å². The Hall–Kier alpha value is -2.63. The predicted octanol–water partition coefficient (Wildman–Crippen LogP) is 6.43. The highest BCUT2D eigenvalue weighted by atomic mass is 32.2. The van der Waals surface area contributed by atoms with Crippen LogP contribution in [0.4, 0.5) is 5.13 Å². The van der Waals surface area contributed by atoms with E-state index in [-0.39, 0.29) is 5.91 Å². The zero-order valence-electron chi connectivity index (χ0n) is 16.5. The van der Waals surface area contributed by atoms with Crippen molar-refractivity contribution in [3.05, 3.63) is 89.5 Å². The molecule has 3 aromatic carbocycles. The molecule has 0 bridgehead atoms. The van der Waals surface area contributed by atoms with Gasteiger partial charge in [0.2, 0.25) is 0 Å². The maximum atomic E-state index is 13.5. The Balaban J connectivity index is 1.76. The molecule has 0 saturated heterocycles. The van der Waals surface area contributed by atoms with Crippen LogP contribution in [0.5, 0.6) is 0 Å². The highest BCUT2D eigenvalue weighted by molar-refractivity contribution is 7.98. The fraction of sp³-hybridized carbons (Fsp3) is 0.167.